The molecule has 3 N–H and O–H groups in total. The van der Waals surface area contributed by atoms with Crippen molar-refractivity contribution >= 4 is 52.5 Å². The van der Waals surface area contributed by atoms with Gasteiger partial charge in [-0.05, 0) is 72.4 Å². The molecule has 51 heavy (non-hydrogen) atoms. The Bertz CT molecular complexity index is 1980. The number of imide groups is 1. The lowest BCUT2D eigenvalue weighted by molar-refractivity contribution is -0.156. The van der Waals surface area contributed by atoms with Crippen molar-refractivity contribution in [3.63, 3.8) is 0 Å². The molecule has 7 unspecified atom stereocenters. The first-order chi connectivity index (χ1) is 24.2. The molecule has 8 atom stereocenters. The molecular formula is C35H34F3N3O8S2. The van der Waals surface area contributed by atoms with E-state index in [1.54, 1.807) is 18.2 Å². The standard InChI is InChI=1S/C35H34F3N3O8S2/c1-14(2)9-20(33(45)46)41-31(43)26-18-12-19(27(26)32(41)44)28-25(18)24(29-30(50-28)40-34(47)51-29)15-7-8-21(22(10-15)48-3)49-13-23(42)39-17-6-4-5-16(11-17)35(36,37)38/h4-8,10-11,14,18-20,24-28H,9,12-13H2,1-3H3,(H,39,42)(H,40,47)(H,45,46)/t18?,19?,20?,24-,25?,26?,27?,28?/m1/s1. The number of carbonyl (C=O) groups is 4. The number of anilines is 1. The van der Waals surface area contributed by atoms with Crippen LogP contribution in [0.1, 0.15) is 48.6 Å². The van der Waals surface area contributed by atoms with Gasteiger partial charge >= 0.3 is 17.0 Å². The largest absolute Gasteiger partial charge is 0.493 e. The topological polar surface area (TPSA) is 155 Å². The second-order valence-corrected chi connectivity index (χ2v) is 16.0. The Hall–Kier alpha value is -4.31. The SMILES string of the molecule is COc1cc([C@H]2c3sc(=O)[nH]c3SC3C4CC(C5C(=O)N(C(CC(C)C)C(=O)O)C(=O)C45)C32)ccc1OCC(=O)Nc1cccc(C(F)(F)F)c1. The van der Waals surface area contributed by atoms with Crippen molar-refractivity contribution in [3.8, 4) is 11.5 Å². The number of nitrogens with zero attached hydrogens (tertiary/aromatic N) is 1. The summed E-state index contributed by atoms with van der Waals surface area (Å²) in [6.07, 6.45) is -3.78. The number of hydrogen-bond donors (Lipinski definition) is 3. The van der Waals surface area contributed by atoms with Gasteiger partial charge in [-0.3, -0.25) is 24.1 Å². The van der Waals surface area contributed by atoms with E-state index in [1.807, 2.05) is 13.8 Å². The van der Waals surface area contributed by atoms with Crippen molar-refractivity contribution in [2.75, 3.05) is 19.0 Å². The maximum absolute atomic E-state index is 14.0. The Balaban J connectivity index is 1.15. The maximum atomic E-state index is 14.0. The van der Waals surface area contributed by atoms with Gasteiger partial charge in [-0.2, -0.15) is 13.2 Å². The fourth-order valence-corrected chi connectivity index (χ4v) is 11.5. The number of aromatic amines is 1. The molecule has 1 saturated heterocycles. The van der Waals surface area contributed by atoms with Crippen LogP contribution in [0.3, 0.4) is 0 Å². The van der Waals surface area contributed by atoms with E-state index in [9.17, 15) is 42.3 Å². The molecule has 3 heterocycles. The van der Waals surface area contributed by atoms with Crippen molar-refractivity contribution in [1.82, 2.24) is 9.88 Å². The second kappa shape index (κ2) is 13.0. The smallest absolute Gasteiger partial charge is 0.416 e. The van der Waals surface area contributed by atoms with Crippen LogP contribution in [-0.2, 0) is 25.4 Å². The van der Waals surface area contributed by atoms with Gasteiger partial charge in [0, 0.05) is 21.7 Å². The lowest BCUT2D eigenvalue weighted by Gasteiger charge is -2.43. The Morgan fingerprint density at radius 1 is 1.06 bits per heavy atom. The van der Waals surface area contributed by atoms with E-state index in [-0.39, 0.29) is 63.3 Å². The molecule has 2 aromatic carbocycles. The highest BCUT2D eigenvalue weighted by molar-refractivity contribution is 8.00. The van der Waals surface area contributed by atoms with Crippen LogP contribution in [-0.4, -0.2) is 63.7 Å². The number of halogens is 3. The van der Waals surface area contributed by atoms with E-state index in [2.05, 4.69) is 10.3 Å². The third kappa shape index (κ3) is 6.09. The van der Waals surface area contributed by atoms with Crippen LogP contribution in [0.2, 0.25) is 0 Å². The van der Waals surface area contributed by atoms with Crippen LogP contribution in [0.4, 0.5) is 18.9 Å². The average Bonchev–Trinajstić information content (AvgIpc) is 3.81. The third-order valence-electron chi connectivity index (χ3n) is 10.4. The Morgan fingerprint density at radius 2 is 1.78 bits per heavy atom. The molecule has 270 valence electrons. The maximum Gasteiger partial charge on any atom is 0.416 e. The summed E-state index contributed by atoms with van der Waals surface area (Å²) >= 11 is 2.59. The number of thioether (sulfide) groups is 1. The number of hydrogen-bond acceptors (Lipinski definition) is 9. The van der Waals surface area contributed by atoms with E-state index >= 15 is 0 Å². The summed E-state index contributed by atoms with van der Waals surface area (Å²) in [5, 5.41) is 13.0. The first-order valence-corrected chi connectivity index (χ1v) is 18.1. The number of fused-ring (bicyclic) bond motifs is 9. The minimum Gasteiger partial charge on any atom is -0.493 e. The first kappa shape index (κ1) is 35.1. The highest BCUT2D eigenvalue weighted by atomic mass is 32.2. The Morgan fingerprint density at radius 3 is 2.45 bits per heavy atom. The average molecular weight is 746 g/mol. The van der Waals surface area contributed by atoms with Gasteiger partial charge < -0.3 is 24.9 Å². The summed E-state index contributed by atoms with van der Waals surface area (Å²) in [4.78, 5) is 69.9. The monoisotopic (exact) mass is 745 g/mol. The lowest BCUT2D eigenvalue weighted by Crippen LogP contribution is -2.47. The molecule has 0 spiro atoms. The van der Waals surface area contributed by atoms with E-state index in [4.69, 9.17) is 9.47 Å². The summed E-state index contributed by atoms with van der Waals surface area (Å²) in [5.41, 5.74) is -0.176. The number of carboxylic acids is 1. The number of rotatable bonds is 10. The minimum absolute atomic E-state index is 0.0381. The van der Waals surface area contributed by atoms with E-state index < -0.39 is 59.9 Å². The number of carboxylic acid groups (broad SMARTS) is 1. The molecule has 3 amide bonds. The number of benzene rings is 2. The highest BCUT2D eigenvalue weighted by Gasteiger charge is 2.70. The summed E-state index contributed by atoms with van der Waals surface area (Å²) < 4.78 is 50.7. The number of methoxy groups -OCH3 is 1. The van der Waals surface area contributed by atoms with Crippen molar-refractivity contribution in [1.29, 1.82) is 0 Å². The Labute approximate surface area is 297 Å². The molecule has 2 aliphatic carbocycles. The fourth-order valence-electron chi connectivity index (χ4n) is 8.59. The molecule has 7 rings (SSSR count). The van der Waals surface area contributed by atoms with Gasteiger partial charge in [-0.25, -0.2) is 4.79 Å². The number of ether oxygens (including phenoxy) is 2. The van der Waals surface area contributed by atoms with Crippen LogP contribution in [0.25, 0.3) is 0 Å². The number of aliphatic carboxylic acids is 1. The predicted molar refractivity (Wildman–Crippen MR) is 180 cm³/mol. The third-order valence-corrected chi connectivity index (χ3v) is 13.0. The summed E-state index contributed by atoms with van der Waals surface area (Å²) in [6.45, 7) is 3.18. The van der Waals surface area contributed by atoms with Gasteiger partial charge in [-0.15, -0.1) is 11.8 Å². The van der Waals surface area contributed by atoms with Gasteiger partial charge in [0.2, 0.25) is 11.8 Å². The van der Waals surface area contributed by atoms with E-state index in [1.165, 1.54) is 31.0 Å². The van der Waals surface area contributed by atoms with E-state index in [0.29, 0.717) is 11.4 Å². The zero-order chi connectivity index (χ0) is 36.5. The number of H-pyrrole nitrogens is 1. The molecule has 4 aliphatic rings. The van der Waals surface area contributed by atoms with Crippen LogP contribution < -0.4 is 19.7 Å². The van der Waals surface area contributed by atoms with Gasteiger partial charge in [0.05, 0.1) is 29.5 Å². The second-order valence-electron chi connectivity index (χ2n) is 13.8. The normalized spacial score (nSPS) is 26.9. The number of carbonyl (C=O) groups excluding carboxylic acids is 3. The number of thiazole rings is 1. The number of alkyl halides is 3. The minimum atomic E-state index is -4.57. The zero-order valence-electron chi connectivity index (χ0n) is 27.6. The number of likely N-dealkylation sites (tertiary alicyclic amines) is 1. The highest BCUT2D eigenvalue weighted by Crippen LogP contribution is 2.68. The van der Waals surface area contributed by atoms with Crippen molar-refractivity contribution in [2.45, 2.75) is 55.1 Å². The Kier molecular flexibility index (Phi) is 8.97. The molecule has 2 bridgehead atoms. The summed E-state index contributed by atoms with van der Waals surface area (Å²) in [5.74, 6) is -4.54. The van der Waals surface area contributed by atoms with Gasteiger partial charge in [-0.1, -0.05) is 37.3 Å². The number of nitrogens with one attached hydrogen (secondary N) is 2. The number of aromatic nitrogens is 1. The van der Waals surface area contributed by atoms with E-state index in [0.717, 1.165) is 38.8 Å². The van der Waals surface area contributed by atoms with Gasteiger partial charge in [0.25, 0.3) is 5.91 Å². The molecule has 11 nitrogen and oxygen atoms in total. The van der Waals surface area contributed by atoms with Gasteiger partial charge in [0.1, 0.15) is 6.04 Å². The van der Waals surface area contributed by atoms with Gasteiger partial charge in [0.15, 0.2) is 18.1 Å². The fraction of sp³-hybridized carbons (Fsp3) is 0.457. The van der Waals surface area contributed by atoms with Crippen LogP contribution >= 0.6 is 23.1 Å². The predicted octanol–water partition coefficient (Wildman–Crippen LogP) is 5.45. The molecular weight excluding hydrogens is 712 g/mol. The zero-order valence-corrected chi connectivity index (χ0v) is 29.2. The van der Waals surface area contributed by atoms with Crippen molar-refractivity contribution < 1.29 is 46.9 Å². The molecule has 0 radical (unpaired) electrons. The summed E-state index contributed by atoms with van der Waals surface area (Å²) in [7, 11) is 1.42. The molecule has 2 aliphatic heterocycles. The van der Waals surface area contributed by atoms with Crippen LogP contribution in [0.5, 0.6) is 11.5 Å². The molecule has 3 fully saturated rings. The van der Waals surface area contributed by atoms with Crippen molar-refractivity contribution in [2.24, 2.45) is 35.5 Å². The number of amides is 3. The quantitative estimate of drug-likeness (QED) is 0.230. The first-order valence-electron chi connectivity index (χ1n) is 16.4. The lowest BCUT2D eigenvalue weighted by atomic mass is 9.68. The molecule has 2 saturated carbocycles. The van der Waals surface area contributed by atoms with Crippen molar-refractivity contribution in [3.05, 3.63) is 68.1 Å². The summed E-state index contributed by atoms with van der Waals surface area (Å²) in [6, 6.07) is 8.16. The molecule has 3 aromatic rings. The van der Waals surface area contributed by atoms with Crippen LogP contribution in [0, 0.1) is 35.5 Å². The molecule has 16 heteroatoms. The molecule has 1 aromatic heterocycles. The van der Waals surface area contributed by atoms with Crippen LogP contribution in [0.15, 0.2) is 52.3 Å².